The molecule has 7 heteroatoms. The molecule has 0 saturated carbocycles. The Morgan fingerprint density at radius 2 is 1.83 bits per heavy atom. The fraction of sp³-hybridized carbons (Fsp3) is 0.174. The van der Waals surface area contributed by atoms with Crippen molar-refractivity contribution in [1.29, 1.82) is 0 Å². The summed E-state index contributed by atoms with van der Waals surface area (Å²) in [4.78, 5) is 4.81. The van der Waals surface area contributed by atoms with E-state index in [2.05, 4.69) is 4.98 Å². The van der Waals surface area contributed by atoms with Crippen molar-refractivity contribution in [2.75, 3.05) is 0 Å². The van der Waals surface area contributed by atoms with Crippen LogP contribution in [-0.4, -0.2) is 17.4 Å². The molecule has 0 amide bonds. The lowest BCUT2D eigenvalue weighted by atomic mass is 10.0. The van der Waals surface area contributed by atoms with Crippen molar-refractivity contribution < 1.29 is 17.5 Å². The van der Waals surface area contributed by atoms with Crippen LogP contribution in [-0.2, 0) is 16.4 Å². The van der Waals surface area contributed by atoms with E-state index in [9.17, 15) is 12.8 Å². The number of nitrogens with zero attached hydrogens (tertiary/aromatic N) is 2. The van der Waals surface area contributed by atoms with Gasteiger partial charge >= 0.3 is 0 Å². The van der Waals surface area contributed by atoms with Crippen molar-refractivity contribution in [2.45, 2.75) is 30.8 Å². The monoisotopic (exact) mass is 422 g/mol. The number of hydrogen-bond donors (Lipinski definition) is 0. The zero-order valence-corrected chi connectivity index (χ0v) is 17.1. The topological polar surface area (TPSA) is 61.2 Å². The molecule has 152 valence electrons. The van der Waals surface area contributed by atoms with Crippen LogP contribution in [0.1, 0.15) is 29.5 Å². The lowest BCUT2D eigenvalue weighted by Crippen LogP contribution is -2.23. The second kappa shape index (κ2) is 6.95. The predicted octanol–water partition coefficient (Wildman–Crippen LogP) is 4.79. The lowest BCUT2D eigenvalue weighted by molar-refractivity contribution is 0.166. The van der Waals surface area contributed by atoms with Crippen LogP contribution in [0.4, 0.5) is 4.39 Å². The van der Waals surface area contributed by atoms with Crippen LogP contribution in [0.3, 0.4) is 0 Å². The number of para-hydroxylation sites is 2. The normalized spacial score (nSPS) is 16.3. The second-order valence-corrected chi connectivity index (χ2v) is 9.23. The van der Waals surface area contributed by atoms with E-state index in [1.807, 2.05) is 13.0 Å². The van der Waals surface area contributed by atoms with E-state index in [0.717, 1.165) is 11.1 Å². The molecule has 4 aromatic rings. The van der Waals surface area contributed by atoms with E-state index in [-0.39, 0.29) is 10.7 Å². The fourth-order valence-corrected chi connectivity index (χ4v) is 5.34. The molecule has 5 nitrogen and oxygen atoms in total. The van der Waals surface area contributed by atoms with Crippen molar-refractivity contribution in [1.82, 2.24) is 8.96 Å². The maximum absolute atomic E-state index is 13.6. The van der Waals surface area contributed by atoms with Gasteiger partial charge in [-0.25, -0.2) is 21.8 Å². The van der Waals surface area contributed by atoms with Gasteiger partial charge in [0, 0.05) is 0 Å². The first kappa shape index (κ1) is 18.8. The van der Waals surface area contributed by atoms with Crippen LogP contribution in [0.5, 0.6) is 5.75 Å². The highest BCUT2D eigenvalue weighted by molar-refractivity contribution is 7.90. The molecule has 1 aliphatic heterocycles. The standard InChI is InChI=1S/C23H19FN2O3S/c1-15-6-10-18(11-7-15)30(27,28)26-20-5-3-2-4-19(20)25-23(26)22-12-8-16-14-17(24)9-13-21(16)29-22/h2-7,9-11,13-14,22H,8,12H2,1H3. The first-order valence-electron chi connectivity index (χ1n) is 9.68. The molecule has 0 N–H and O–H groups in total. The quantitative estimate of drug-likeness (QED) is 0.476. The summed E-state index contributed by atoms with van der Waals surface area (Å²) in [6, 6.07) is 18.3. The van der Waals surface area contributed by atoms with Crippen LogP contribution in [0.25, 0.3) is 11.0 Å². The molecule has 1 unspecified atom stereocenters. The maximum atomic E-state index is 13.6. The summed E-state index contributed by atoms with van der Waals surface area (Å²) in [5.74, 6) is 0.565. The summed E-state index contributed by atoms with van der Waals surface area (Å²) in [7, 11) is -3.89. The van der Waals surface area contributed by atoms with E-state index in [0.29, 0.717) is 35.4 Å². The highest BCUT2D eigenvalue weighted by Crippen LogP contribution is 2.37. The number of ether oxygens (including phenoxy) is 1. The van der Waals surface area contributed by atoms with E-state index >= 15 is 0 Å². The van der Waals surface area contributed by atoms with Crippen molar-refractivity contribution in [3.63, 3.8) is 0 Å². The minimum absolute atomic E-state index is 0.191. The molecule has 2 heterocycles. The van der Waals surface area contributed by atoms with E-state index < -0.39 is 16.1 Å². The molecule has 3 aromatic carbocycles. The Morgan fingerprint density at radius 1 is 1.07 bits per heavy atom. The average molecular weight is 422 g/mol. The smallest absolute Gasteiger partial charge is 0.269 e. The third-order valence-corrected chi connectivity index (χ3v) is 7.09. The number of rotatable bonds is 3. The SMILES string of the molecule is Cc1ccc(S(=O)(=O)n2c(C3CCc4cc(F)ccc4O3)nc3ccccc32)cc1. The van der Waals surface area contributed by atoms with Gasteiger partial charge < -0.3 is 4.74 Å². The van der Waals surface area contributed by atoms with E-state index in [1.165, 1.54) is 16.1 Å². The molecule has 1 aromatic heterocycles. The minimum atomic E-state index is -3.89. The van der Waals surface area contributed by atoms with Crippen LogP contribution in [0.2, 0.25) is 0 Å². The molecule has 0 radical (unpaired) electrons. The van der Waals surface area contributed by atoms with Gasteiger partial charge in [0.1, 0.15) is 11.6 Å². The molecule has 0 aliphatic carbocycles. The fourth-order valence-electron chi connectivity index (χ4n) is 3.83. The molecule has 0 fully saturated rings. The van der Waals surface area contributed by atoms with Crippen LogP contribution in [0, 0.1) is 12.7 Å². The van der Waals surface area contributed by atoms with Crippen LogP contribution >= 0.6 is 0 Å². The molecule has 0 bridgehead atoms. The Labute approximate surface area is 173 Å². The number of imidazole rings is 1. The summed E-state index contributed by atoms with van der Waals surface area (Å²) in [6.45, 7) is 1.91. The van der Waals surface area contributed by atoms with Gasteiger partial charge in [0.15, 0.2) is 11.9 Å². The summed E-state index contributed by atoms with van der Waals surface area (Å²) in [5, 5.41) is 0. The molecular formula is C23H19FN2O3S. The lowest BCUT2D eigenvalue weighted by Gasteiger charge is -2.26. The van der Waals surface area contributed by atoms with Gasteiger partial charge in [-0.05, 0) is 67.8 Å². The minimum Gasteiger partial charge on any atom is -0.482 e. The van der Waals surface area contributed by atoms with Gasteiger partial charge in [0.05, 0.1) is 15.9 Å². The number of aryl methyl sites for hydroxylation is 2. The molecule has 5 rings (SSSR count). The van der Waals surface area contributed by atoms with E-state index in [4.69, 9.17) is 4.74 Å². The largest absolute Gasteiger partial charge is 0.482 e. The molecule has 30 heavy (non-hydrogen) atoms. The molecule has 0 saturated heterocycles. The molecule has 0 spiro atoms. The predicted molar refractivity (Wildman–Crippen MR) is 112 cm³/mol. The Bertz CT molecular complexity index is 1360. The number of fused-ring (bicyclic) bond motifs is 2. The zero-order chi connectivity index (χ0) is 20.9. The first-order valence-corrected chi connectivity index (χ1v) is 11.1. The third-order valence-electron chi connectivity index (χ3n) is 5.36. The van der Waals surface area contributed by atoms with Crippen LogP contribution < -0.4 is 4.74 Å². The van der Waals surface area contributed by atoms with Gasteiger partial charge in [-0.1, -0.05) is 29.8 Å². The van der Waals surface area contributed by atoms with Gasteiger partial charge in [0.2, 0.25) is 0 Å². The number of hydrogen-bond acceptors (Lipinski definition) is 4. The summed E-state index contributed by atoms with van der Waals surface area (Å²) in [6.07, 6.45) is 0.518. The van der Waals surface area contributed by atoms with Crippen LogP contribution in [0.15, 0.2) is 71.6 Å². The zero-order valence-electron chi connectivity index (χ0n) is 16.2. The molecule has 1 aliphatic rings. The number of aromatic nitrogens is 2. The van der Waals surface area contributed by atoms with Crippen molar-refractivity contribution in [2.24, 2.45) is 0 Å². The Kier molecular flexibility index (Phi) is 4.36. The summed E-state index contributed by atoms with van der Waals surface area (Å²) < 4.78 is 48.1. The van der Waals surface area contributed by atoms with Gasteiger partial charge in [-0.2, -0.15) is 0 Å². The highest BCUT2D eigenvalue weighted by atomic mass is 32.2. The number of benzene rings is 3. The highest BCUT2D eigenvalue weighted by Gasteiger charge is 2.32. The second-order valence-electron chi connectivity index (χ2n) is 7.44. The van der Waals surface area contributed by atoms with Gasteiger partial charge in [0.25, 0.3) is 10.0 Å². The Balaban J connectivity index is 1.67. The van der Waals surface area contributed by atoms with Crippen molar-refractivity contribution in [3.8, 4) is 5.75 Å². The van der Waals surface area contributed by atoms with Crippen molar-refractivity contribution >= 4 is 21.1 Å². The van der Waals surface area contributed by atoms with Gasteiger partial charge in [-0.15, -0.1) is 0 Å². The van der Waals surface area contributed by atoms with E-state index in [1.54, 1.807) is 48.5 Å². The first-order chi connectivity index (χ1) is 14.4. The molecular weight excluding hydrogens is 403 g/mol. The maximum Gasteiger partial charge on any atom is 0.269 e. The Morgan fingerprint density at radius 3 is 2.63 bits per heavy atom. The summed E-state index contributed by atoms with van der Waals surface area (Å²) >= 11 is 0. The van der Waals surface area contributed by atoms with Gasteiger partial charge in [-0.3, -0.25) is 0 Å². The summed E-state index contributed by atoms with van der Waals surface area (Å²) in [5.41, 5.74) is 2.83. The third kappa shape index (κ3) is 3.06. The number of halogens is 1. The average Bonchev–Trinajstić information content (AvgIpc) is 3.14. The van der Waals surface area contributed by atoms with Crippen molar-refractivity contribution in [3.05, 3.63) is 89.5 Å². The Hall–Kier alpha value is -3.19. The molecule has 1 atom stereocenters.